The van der Waals surface area contributed by atoms with E-state index in [9.17, 15) is 0 Å². The fraction of sp³-hybridized carbons (Fsp3) is 0.250. The number of halogens is 4. The third-order valence-corrected chi connectivity index (χ3v) is 4.26. The topological polar surface area (TPSA) is 12.0 Å². The third kappa shape index (κ3) is 4.28. The minimum absolute atomic E-state index is 0.514. The Labute approximate surface area is 145 Å². The Bertz CT molecular complexity index is 617. The summed E-state index contributed by atoms with van der Waals surface area (Å²) in [7, 11) is 0. The van der Waals surface area contributed by atoms with Crippen LogP contribution in [0.3, 0.4) is 0 Å². The van der Waals surface area contributed by atoms with Crippen molar-refractivity contribution in [2.24, 2.45) is 0 Å². The van der Waals surface area contributed by atoms with Gasteiger partial charge in [-0.15, -0.1) is 0 Å². The Morgan fingerprint density at radius 1 is 0.905 bits per heavy atom. The van der Waals surface area contributed by atoms with E-state index in [1.165, 1.54) is 0 Å². The molecule has 0 aliphatic carbocycles. The first-order chi connectivity index (χ1) is 10.0. The summed E-state index contributed by atoms with van der Waals surface area (Å²) in [6, 6.07) is 9.19. The van der Waals surface area contributed by atoms with Crippen LogP contribution >= 0.6 is 46.4 Å². The fourth-order valence-electron chi connectivity index (χ4n) is 2.06. The normalized spacial score (nSPS) is 10.9. The van der Waals surface area contributed by atoms with E-state index in [4.69, 9.17) is 46.4 Å². The van der Waals surface area contributed by atoms with Gasteiger partial charge in [-0.1, -0.05) is 65.5 Å². The molecule has 0 atom stereocenters. The highest BCUT2D eigenvalue weighted by molar-refractivity contribution is 6.42. The van der Waals surface area contributed by atoms with Crippen molar-refractivity contribution in [3.63, 3.8) is 0 Å². The van der Waals surface area contributed by atoms with Gasteiger partial charge in [0.25, 0.3) is 0 Å². The molecule has 1 N–H and O–H groups in total. The molecule has 5 heteroatoms. The van der Waals surface area contributed by atoms with E-state index in [2.05, 4.69) is 12.2 Å². The van der Waals surface area contributed by atoms with Gasteiger partial charge in [0.2, 0.25) is 0 Å². The second-order valence-corrected chi connectivity index (χ2v) is 6.39. The van der Waals surface area contributed by atoms with Crippen molar-refractivity contribution < 1.29 is 0 Å². The molecule has 2 aromatic rings. The molecule has 0 saturated heterocycles. The standard InChI is InChI=1S/C16H15Cl4N/c1-2-5-21-9-11-4-3-10(6-13(11)18)16-14(19)7-12(17)8-15(16)20/h3-4,6-8,21H,2,5,9H2,1H3. The smallest absolute Gasteiger partial charge is 0.0514 e. The summed E-state index contributed by atoms with van der Waals surface area (Å²) in [5, 5.41) is 5.56. The van der Waals surface area contributed by atoms with E-state index in [0.717, 1.165) is 36.2 Å². The summed E-state index contributed by atoms with van der Waals surface area (Å²) in [6.07, 6.45) is 1.09. The maximum atomic E-state index is 6.34. The Balaban J connectivity index is 2.32. The molecule has 0 heterocycles. The lowest BCUT2D eigenvalue weighted by molar-refractivity contribution is 0.675. The average Bonchev–Trinajstić information content (AvgIpc) is 2.40. The van der Waals surface area contributed by atoms with Crippen LogP contribution in [0.2, 0.25) is 20.1 Å². The van der Waals surface area contributed by atoms with Crippen LogP contribution in [0.1, 0.15) is 18.9 Å². The molecule has 0 radical (unpaired) electrons. The molecule has 0 amide bonds. The van der Waals surface area contributed by atoms with E-state index >= 15 is 0 Å². The highest BCUT2D eigenvalue weighted by atomic mass is 35.5. The third-order valence-electron chi connectivity index (χ3n) is 3.09. The summed E-state index contributed by atoms with van der Waals surface area (Å²) in [4.78, 5) is 0. The molecule has 2 rings (SSSR count). The molecule has 0 aromatic heterocycles. The lowest BCUT2D eigenvalue weighted by atomic mass is 10.0. The van der Waals surface area contributed by atoms with Crippen molar-refractivity contribution in [3.8, 4) is 11.1 Å². The maximum Gasteiger partial charge on any atom is 0.0514 e. The number of nitrogens with one attached hydrogen (secondary N) is 1. The molecule has 0 bridgehead atoms. The first-order valence-electron chi connectivity index (χ1n) is 6.67. The lowest BCUT2D eigenvalue weighted by Crippen LogP contribution is -2.13. The van der Waals surface area contributed by atoms with E-state index in [0.29, 0.717) is 20.1 Å². The van der Waals surface area contributed by atoms with E-state index < -0.39 is 0 Å². The Morgan fingerprint density at radius 3 is 2.14 bits per heavy atom. The molecular weight excluding hydrogens is 348 g/mol. The predicted molar refractivity (Wildman–Crippen MR) is 93.9 cm³/mol. The highest BCUT2D eigenvalue weighted by Gasteiger charge is 2.12. The van der Waals surface area contributed by atoms with Gasteiger partial charge in [-0.2, -0.15) is 0 Å². The first-order valence-corrected chi connectivity index (χ1v) is 8.18. The molecule has 0 unspecified atom stereocenters. The summed E-state index contributed by atoms with van der Waals surface area (Å²) in [6.45, 7) is 3.84. The van der Waals surface area contributed by atoms with Crippen molar-refractivity contribution in [2.45, 2.75) is 19.9 Å². The largest absolute Gasteiger partial charge is 0.313 e. The number of rotatable bonds is 5. The van der Waals surface area contributed by atoms with Gasteiger partial charge in [0.05, 0.1) is 10.0 Å². The van der Waals surface area contributed by atoms with E-state index in [-0.39, 0.29) is 0 Å². The lowest BCUT2D eigenvalue weighted by Gasteiger charge is -2.11. The zero-order valence-corrected chi connectivity index (χ0v) is 14.5. The van der Waals surface area contributed by atoms with Crippen LogP contribution < -0.4 is 5.32 Å². The predicted octanol–water partition coefficient (Wildman–Crippen LogP) is 6.47. The summed E-state index contributed by atoms with van der Waals surface area (Å²) >= 11 is 24.8. The van der Waals surface area contributed by atoms with E-state index in [1.807, 2.05) is 18.2 Å². The van der Waals surface area contributed by atoms with Crippen LogP contribution in [0.5, 0.6) is 0 Å². The highest BCUT2D eigenvalue weighted by Crippen LogP contribution is 2.38. The molecule has 21 heavy (non-hydrogen) atoms. The van der Waals surface area contributed by atoms with Crippen LogP contribution in [0, 0.1) is 0 Å². The van der Waals surface area contributed by atoms with Crippen molar-refractivity contribution in [1.29, 1.82) is 0 Å². The number of hydrogen-bond acceptors (Lipinski definition) is 1. The molecule has 0 fully saturated rings. The van der Waals surface area contributed by atoms with Crippen molar-refractivity contribution in [3.05, 3.63) is 56.0 Å². The number of benzene rings is 2. The monoisotopic (exact) mass is 361 g/mol. The zero-order chi connectivity index (χ0) is 15.4. The fourth-order valence-corrected chi connectivity index (χ4v) is 3.35. The van der Waals surface area contributed by atoms with Gasteiger partial charge in [0.15, 0.2) is 0 Å². The van der Waals surface area contributed by atoms with Gasteiger partial charge in [0, 0.05) is 22.2 Å². The molecule has 0 aliphatic rings. The Kier molecular flexibility index (Phi) is 6.21. The summed E-state index contributed by atoms with van der Waals surface area (Å²) < 4.78 is 0. The van der Waals surface area contributed by atoms with Gasteiger partial charge in [-0.05, 0) is 42.3 Å². The SMILES string of the molecule is CCCNCc1ccc(-c2c(Cl)cc(Cl)cc2Cl)cc1Cl. The van der Waals surface area contributed by atoms with Crippen molar-refractivity contribution >= 4 is 46.4 Å². The zero-order valence-electron chi connectivity index (χ0n) is 11.5. The maximum absolute atomic E-state index is 6.34. The van der Waals surface area contributed by atoms with Gasteiger partial charge in [0.1, 0.15) is 0 Å². The van der Waals surface area contributed by atoms with Gasteiger partial charge in [-0.25, -0.2) is 0 Å². The van der Waals surface area contributed by atoms with Crippen LogP contribution in [0.25, 0.3) is 11.1 Å². The molecule has 1 nitrogen and oxygen atoms in total. The molecule has 0 spiro atoms. The van der Waals surface area contributed by atoms with Crippen molar-refractivity contribution in [2.75, 3.05) is 6.54 Å². The van der Waals surface area contributed by atoms with Gasteiger partial charge >= 0.3 is 0 Å². The average molecular weight is 363 g/mol. The second kappa shape index (κ2) is 7.71. The van der Waals surface area contributed by atoms with Crippen LogP contribution in [0.15, 0.2) is 30.3 Å². The Hall–Kier alpha value is -0.440. The van der Waals surface area contributed by atoms with Gasteiger partial charge < -0.3 is 5.32 Å². The first kappa shape index (κ1) is 16.9. The second-order valence-electron chi connectivity index (χ2n) is 4.73. The molecular formula is C16H15Cl4N. The van der Waals surface area contributed by atoms with E-state index in [1.54, 1.807) is 12.1 Å². The summed E-state index contributed by atoms with van der Waals surface area (Å²) in [5.41, 5.74) is 2.68. The van der Waals surface area contributed by atoms with Crippen LogP contribution in [-0.4, -0.2) is 6.54 Å². The summed E-state index contributed by atoms with van der Waals surface area (Å²) in [5.74, 6) is 0. The van der Waals surface area contributed by atoms with Crippen LogP contribution in [0.4, 0.5) is 0 Å². The minimum atomic E-state index is 0.514. The minimum Gasteiger partial charge on any atom is -0.313 e. The Morgan fingerprint density at radius 2 is 1.57 bits per heavy atom. The number of hydrogen-bond donors (Lipinski definition) is 1. The molecule has 0 aliphatic heterocycles. The molecule has 112 valence electrons. The molecule has 2 aromatic carbocycles. The van der Waals surface area contributed by atoms with Crippen LogP contribution in [-0.2, 0) is 6.54 Å². The quantitative estimate of drug-likeness (QED) is 0.601. The van der Waals surface area contributed by atoms with Gasteiger partial charge in [-0.3, -0.25) is 0 Å². The molecule has 0 saturated carbocycles. The van der Waals surface area contributed by atoms with Crippen molar-refractivity contribution in [1.82, 2.24) is 5.32 Å².